The van der Waals surface area contributed by atoms with Gasteiger partial charge in [-0.1, -0.05) is 59.8 Å². The van der Waals surface area contributed by atoms with Gasteiger partial charge in [-0.25, -0.2) is 0 Å². The Morgan fingerprint density at radius 1 is 0.722 bits per heavy atom. The van der Waals surface area contributed by atoms with E-state index >= 15 is 0 Å². The molecule has 18 heavy (non-hydrogen) atoms. The summed E-state index contributed by atoms with van der Waals surface area (Å²) in [6.07, 6.45) is 12.2. The molecule has 0 heteroatoms. The maximum Gasteiger partial charge on any atom is -0.0355 e. The minimum atomic E-state index is 0.911. The van der Waals surface area contributed by atoms with E-state index in [0.717, 1.165) is 35.5 Å². The topological polar surface area (TPSA) is 0 Å². The first kappa shape index (κ1) is 14.4. The van der Waals surface area contributed by atoms with Crippen LogP contribution in [-0.2, 0) is 0 Å². The van der Waals surface area contributed by atoms with Crippen molar-refractivity contribution in [2.24, 2.45) is 35.5 Å². The fourth-order valence-electron chi connectivity index (χ4n) is 4.86. The molecule has 4 atom stereocenters. The van der Waals surface area contributed by atoms with Crippen LogP contribution < -0.4 is 0 Å². The van der Waals surface area contributed by atoms with Crippen molar-refractivity contribution in [2.45, 2.75) is 79.1 Å². The molecule has 2 aliphatic carbocycles. The van der Waals surface area contributed by atoms with Crippen molar-refractivity contribution in [3.05, 3.63) is 0 Å². The summed E-state index contributed by atoms with van der Waals surface area (Å²) in [5.41, 5.74) is 0. The summed E-state index contributed by atoms with van der Waals surface area (Å²) in [7, 11) is 0. The predicted molar refractivity (Wildman–Crippen MR) is 80.6 cm³/mol. The molecule has 0 aromatic carbocycles. The first-order valence-corrected chi connectivity index (χ1v) is 8.59. The Morgan fingerprint density at radius 2 is 1.44 bits per heavy atom. The molecule has 2 rings (SSSR count). The first-order chi connectivity index (χ1) is 8.59. The molecular formula is C18H34. The molecule has 0 radical (unpaired) electrons. The minimum absolute atomic E-state index is 0.911. The summed E-state index contributed by atoms with van der Waals surface area (Å²) in [6, 6.07) is 0. The van der Waals surface area contributed by atoms with E-state index in [9.17, 15) is 0 Å². The first-order valence-electron chi connectivity index (χ1n) is 8.59. The smallest absolute Gasteiger partial charge is 0.0355 e. The minimum Gasteiger partial charge on any atom is -0.0625 e. The van der Waals surface area contributed by atoms with Gasteiger partial charge in [0.1, 0.15) is 0 Å². The molecule has 2 saturated carbocycles. The fourth-order valence-corrected chi connectivity index (χ4v) is 4.86. The molecule has 0 spiro atoms. The standard InChI is InChI=1S/C18H34/c1-13(2)15-8-7-9-16(12-15)18-11-6-5-10-17(18)14(3)4/h13-18H,5-12H2,1-4H3. The zero-order valence-electron chi connectivity index (χ0n) is 13.1. The van der Waals surface area contributed by atoms with Gasteiger partial charge in [0.25, 0.3) is 0 Å². The molecular weight excluding hydrogens is 216 g/mol. The molecule has 0 aromatic rings. The van der Waals surface area contributed by atoms with Gasteiger partial charge in [0, 0.05) is 0 Å². The summed E-state index contributed by atoms with van der Waals surface area (Å²) >= 11 is 0. The largest absolute Gasteiger partial charge is 0.0625 e. The van der Waals surface area contributed by atoms with Crippen LogP contribution in [0.2, 0.25) is 0 Å². The van der Waals surface area contributed by atoms with E-state index in [1.807, 2.05) is 0 Å². The molecule has 106 valence electrons. The molecule has 0 bridgehead atoms. The van der Waals surface area contributed by atoms with Crippen LogP contribution in [0.25, 0.3) is 0 Å². The molecule has 4 unspecified atom stereocenters. The number of rotatable bonds is 3. The second-order valence-corrected chi connectivity index (χ2v) is 7.79. The molecule has 2 fully saturated rings. The van der Waals surface area contributed by atoms with E-state index in [-0.39, 0.29) is 0 Å². The van der Waals surface area contributed by atoms with Gasteiger partial charge in [0.05, 0.1) is 0 Å². The van der Waals surface area contributed by atoms with E-state index in [0.29, 0.717) is 0 Å². The summed E-state index contributed by atoms with van der Waals surface area (Å²) < 4.78 is 0. The molecule has 2 aliphatic rings. The van der Waals surface area contributed by atoms with Crippen LogP contribution in [0.3, 0.4) is 0 Å². The van der Waals surface area contributed by atoms with Crippen LogP contribution in [0.1, 0.15) is 79.1 Å². The van der Waals surface area contributed by atoms with Crippen LogP contribution in [-0.4, -0.2) is 0 Å². The van der Waals surface area contributed by atoms with Gasteiger partial charge in [0.2, 0.25) is 0 Å². The van der Waals surface area contributed by atoms with Gasteiger partial charge in [0.15, 0.2) is 0 Å². The maximum atomic E-state index is 2.46. The average molecular weight is 250 g/mol. The van der Waals surface area contributed by atoms with Crippen LogP contribution in [0.5, 0.6) is 0 Å². The maximum absolute atomic E-state index is 2.46. The van der Waals surface area contributed by atoms with Crippen LogP contribution in [0, 0.1) is 35.5 Å². The van der Waals surface area contributed by atoms with Gasteiger partial charge >= 0.3 is 0 Å². The average Bonchev–Trinajstić information content (AvgIpc) is 2.39. The highest BCUT2D eigenvalue weighted by atomic mass is 14.4. The van der Waals surface area contributed by atoms with Crippen molar-refractivity contribution in [3.8, 4) is 0 Å². The Labute approximate surface area is 115 Å². The third-order valence-corrected chi connectivity index (χ3v) is 6.03. The van der Waals surface area contributed by atoms with Crippen molar-refractivity contribution >= 4 is 0 Å². The molecule has 0 amide bonds. The SMILES string of the molecule is CC(C)C1CCCC(C2CCCCC2C(C)C)C1. The van der Waals surface area contributed by atoms with Crippen LogP contribution >= 0.6 is 0 Å². The Bertz CT molecular complexity index is 240. The Balaban J connectivity index is 1.99. The van der Waals surface area contributed by atoms with Crippen molar-refractivity contribution < 1.29 is 0 Å². The highest BCUT2D eigenvalue weighted by molar-refractivity contribution is 4.86. The normalized spacial score (nSPS) is 38.3. The molecule has 0 aliphatic heterocycles. The lowest BCUT2D eigenvalue weighted by Crippen LogP contribution is -2.34. The lowest BCUT2D eigenvalue weighted by molar-refractivity contribution is 0.0710. The Morgan fingerprint density at radius 3 is 2.11 bits per heavy atom. The van der Waals surface area contributed by atoms with E-state index in [1.54, 1.807) is 12.8 Å². The Kier molecular flexibility index (Phi) is 5.15. The molecule has 0 heterocycles. The van der Waals surface area contributed by atoms with Gasteiger partial charge in [-0.05, 0) is 54.8 Å². The lowest BCUT2D eigenvalue weighted by atomic mass is 9.62. The third kappa shape index (κ3) is 3.31. The second kappa shape index (κ2) is 6.44. The van der Waals surface area contributed by atoms with Crippen molar-refractivity contribution in [1.82, 2.24) is 0 Å². The lowest BCUT2D eigenvalue weighted by Gasteiger charge is -2.43. The van der Waals surface area contributed by atoms with E-state index < -0.39 is 0 Å². The van der Waals surface area contributed by atoms with Gasteiger partial charge in [-0.3, -0.25) is 0 Å². The molecule has 0 aromatic heterocycles. The Hall–Kier alpha value is 0. The zero-order valence-corrected chi connectivity index (χ0v) is 13.1. The fraction of sp³-hybridized carbons (Fsp3) is 1.00. The molecule has 0 nitrogen and oxygen atoms in total. The monoisotopic (exact) mass is 250 g/mol. The number of hydrogen-bond donors (Lipinski definition) is 0. The molecule has 0 saturated heterocycles. The van der Waals surface area contributed by atoms with E-state index in [1.165, 1.54) is 38.5 Å². The summed E-state index contributed by atoms with van der Waals surface area (Å²) in [5, 5.41) is 0. The zero-order chi connectivity index (χ0) is 13.1. The van der Waals surface area contributed by atoms with Crippen molar-refractivity contribution in [1.29, 1.82) is 0 Å². The van der Waals surface area contributed by atoms with Crippen LogP contribution in [0.15, 0.2) is 0 Å². The summed E-state index contributed by atoms with van der Waals surface area (Å²) in [6.45, 7) is 9.80. The van der Waals surface area contributed by atoms with Crippen LogP contribution in [0.4, 0.5) is 0 Å². The predicted octanol–water partition coefficient (Wildman–Crippen LogP) is 5.91. The van der Waals surface area contributed by atoms with E-state index in [4.69, 9.17) is 0 Å². The highest BCUT2D eigenvalue weighted by Crippen LogP contribution is 2.46. The number of hydrogen-bond acceptors (Lipinski definition) is 0. The van der Waals surface area contributed by atoms with E-state index in [2.05, 4.69) is 27.7 Å². The highest BCUT2D eigenvalue weighted by Gasteiger charge is 2.36. The summed E-state index contributed by atoms with van der Waals surface area (Å²) in [4.78, 5) is 0. The summed E-state index contributed by atoms with van der Waals surface area (Å²) in [5.74, 6) is 6.02. The van der Waals surface area contributed by atoms with Gasteiger partial charge < -0.3 is 0 Å². The van der Waals surface area contributed by atoms with Gasteiger partial charge in [-0.2, -0.15) is 0 Å². The third-order valence-electron chi connectivity index (χ3n) is 6.03. The quantitative estimate of drug-likeness (QED) is 0.584. The second-order valence-electron chi connectivity index (χ2n) is 7.79. The molecule has 0 N–H and O–H groups in total. The van der Waals surface area contributed by atoms with Gasteiger partial charge in [-0.15, -0.1) is 0 Å². The van der Waals surface area contributed by atoms with Crippen molar-refractivity contribution in [3.63, 3.8) is 0 Å². The van der Waals surface area contributed by atoms with Crippen molar-refractivity contribution in [2.75, 3.05) is 0 Å².